The van der Waals surface area contributed by atoms with Crippen LogP contribution in [0.15, 0.2) is 0 Å². The van der Waals surface area contributed by atoms with E-state index in [1.807, 2.05) is 0 Å². The molecule has 2 saturated carbocycles. The van der Waals surface area contributed by atoms with Crippen molar-refractivity contribution in [3.63, 3.8) is 0 Å². The average molecular weight is 346 g/mol. The zero-order valence-electron chi connectivity index (χ0n) is 17.2. The molecule has 0 bridgehead atoms. The van der Waals surface area contributed by atoms with Gasteiger partial charge in [0.05, 0.1) is 0 Å². The average Bonchev–Trinajstić information content (AvgIpc) is 2.70. The van der Waals surface area contributed by atoms with Crippen molar-refractivity contribution in [2.45, 2.75) is 141 Å². The lowest BCUT2D eigenvalue weighted by molar-refractivity contribution is 0.330. The maximum absolute atomic E-state index is 3.88. The summed E-state index contributed by atoms with van der Waals surface area (Å²) >= 11 is 0. The molecule has 0 aromatic carbocycles. The summed E-state index contributed by atoms with van der Waals surface area (Å²) in [5, 5.41) is 3.88. The second-order valence-corrected chi connectivity index (χ2v) is 9.10. The maximum Gasteiger partial charge on any atom is 0.208 e. The monoisotopic (exact) mass is 346 g/mol. The molecular formula is C23H45BN. The van der Waals surface area contributed by atoms with Crippen LogP contribution in [0.4, 0.5) is 0 Å². The van der Waals surface area contributed by atoms with Crippen LogP contribution in [-0.2, 0) is 0 Å². The number of nitrogens with one attached hydrogen (secondary N) is 1. The van der Waals surface area contributed by atoms with Crippen molar-refractivity contribution in [2.75, 3.05) is 0 Å². The highest BCUT2D eigenvalue weighted by Crippen LogP contribution is 2.26. The molecule has 0 amide bonds. The third kappa shape index (κ3) is 10.1. The summed E-state index contributed by atoms with van der Waals surface area (Å²) in [7, 11) is 2.53. The van der Waals surface area contributed by atoms with Crippen LogP contribution in [0.5, 0.6) is 0 Å². The molecule has 1 atom stereocenters. The number of rotatable bonds is 4. The highest BCUT2D eigenvalue weighted by atomic mass is 14.8. The summed E-state index contributed by atoms with van der Waals surface area (Å²) in [6.07, 6.45) is 27.7. The van der Waals surface area contributed by atoms with Gasteiger partial charge in [-0.25, -0.2) is 0 Å². The lowest BCUT2D eigenvalue weighted by Gasteiger charge is -2.28. The molecule has 0 aliphatic heterocycles. The number of hydrogen-bond acceptors (Lipinski definition) is 1. The maximum atomic E-state index is 3.88. The van der Waals surface area contributed by atoms with Gasteiger partial charge >= 0.3 is 0 Å². The molecule has 2 heteroatoms. The minimum absolute atomic E-state index is 0.678. The summed E-state index contributed by atoms with van der Waals surface area (Å²) in [4.78, 5) is 0. The van der Waals surface area contributed by atoms with Gasteiger partial charge in [-0.05, 0) is 24.8 Å². The molecule has 2 fully saturated rings. The smallest absolute Gasteiger partial charge is 0.208 e. The first-order valence-electron chi connectivity index (χ1n) is 12.0. The van der Waals surface area contributed by atoms with Gasteiger partial charge in [-0.2, -0.15) is 0 Å². The number of hydrogen-bond donors (Lipinski definition) is 1. The lowest BCUT2D eigenvalue weighted by atomic mass is 9.68. The van der Waals surface area contributed by atoms with Crippen molar-refractivity contribution in [1.82, 2.24) is 5.23 Å². The van der Waals surface area contributed by atoms with Crippen LogP contribution in [-0.4, -0.2) is 13.5 Å². The Bertz CT molecular complexity index is 284. The molecule has 1 nitrogen and oxygen atoms in total. The molecule has 0 heterocycles. The summed E-state index contributed by atoms with van der Waals surface area (Å²) in [5.74, 6) is 1.72. The molecule has 0 spiro atoms. The first kappa shape index (κ1) is 21.3. The minimum atomic E-state index is 0.678. The topological polar surface area (TPSA) is 12.0 Å². The first-order chi connectivity index (χ1) is 12.4. The molecule has 25 heavy (non-hydrogen) atoms. The van der Waals surface area contributed by atoms with E-state index in [1.165, 1.54) is 122 Å². The molecule has 2 aliphatic rings. The van der Waals surface area contributed by atoms with Gasteiger partial charge in [0.2, 0.25) is 7.41 Å². The minimum Gasteiger partial charge on any atom is -0.357 e. The van der Waals surface area contributed by atoms with E-state index in [1.54, 1.807) is 0 Å². The van der Waals surface area contributed by atoms with Crippen LogP contribution in [0, 0.1) is 5.92 Å². The van der Waals surface area contributed by atoms with Gasteiger partial charge in [0.25, 0.3) is 0 Å². The van der Waals surface area contributed by atoms with Crippen LogP contribution in [0.1, 0.15) is 129 Å². The van der Waals surface area contributed by atoms with Crippen LogP contribution in [0.2, 0.25) is 5.82 Å². The highest BCUT2D eigenvalue weighted by molar-refractivity contribution is 6.34. The fourth-order valence-electron chi connectivity index (χ4n) is 4.95. The predicted molar refractivity (Wildman–Crippen MR) is 113 cm³/mol. The van der Waals surface area contributed by atoms with Gasteiger partial charge in [-0.3, -0.25) is 0 Å². The van der Waals surface area contributed by atoms with E-state index >= 15 is 0 Å². The molecule has 0 aromatic heterocycles. The molecule has 1 radical (unpaired) electrons. The molecule has 2 rings (SSSR count). The predicted octanol–water partition coefficient (Wildman–Crippen LogP) is 7.43. The Morgan fingerprint density at radius 2 is 0.920 bits per heavy atom. The van der Waals surface area contributed by atoms with Gasteiger partial charge in [0.1, 0.15) is 0 Å². The van der Waals surface area contributed by atoms with E-state index in [-0.39, 0.29) is 0 Å². The molecule has 2 aliphatic carbocycles. The first-order valence-corrected chi connectivity index (χ1v) is 12.0. The molecule has 1 unspecified atom stereocenters. The Balaban J connectivity index is 1.71. The SMILES string of the molecule is CC(N[B]C1CCCCCCCCCC1)C1CCCCCCCCC1. The Morgan fingerprint density at radius 1 is 0.560 bits per heavy atom. The van der Waals surface area contributed by atoms with Crippen LogP contribution >= 0.6 is 0 Å². The van der Waals surface area contributed by atoms with Gasteiger partial charge in [-0.15, -0.1) is 0 Å². The molecule has 0 saturated heterocycles. The highest BCUT2D eigenvalue weighted by Gasteiger charge is 2.19. The van der Waals surface area contributed by atoms with Gasteiger partial charge in [0.15, 0.2) is 0 Å². The summed E-state index contributed by atoms with van der Waals surface area (Å²) < 4.78 is 0. The van der Waals surface area contributed by atoms with Crippen LogP contribution in [0.25, 0.3) is 0 Å². The van der Waals surface area contributed by atoms with Crippen molar-refractivity contribution in [1.29, 1.82) is 0 Å². The second kappa shape index (κ2) is 14.1. The van der Waals surface area contributed by atoms with E-state index in [0.717, 1.165) is 11.7 Å². The van der Waals surface area contributed by atoms with Crippen molar-refractivity contribution in [3.8, 4) is 0 Å². The molecule has 1 N–H and O–H groups in total. The lowest BCUT2D eigenvalue weighted by Crippen LogP contribution is -2.38. The Morgan fingerprint density at radius 3 is 1.36 bits per heavy atom. The fraction of sp³-hybridized carbons (Fsp3) is 1.00. The van der Waals surface area contributed by atoms with Crippen molar-refractivity contribution >= 4 is 7.41 Å². The molecule has 145 valence electrons. The third-order valence-corrected chi connectivity index (χ3v) is 6.85. The zero-order valence-corrected chi connectivity index (χ0v) is 17.2. The van der Waals surface area contributed by atoms with Crippen molar-refractivity contribution in [2.24, 2.45) is 5.92 Å². The molecular weight excluding hydrogens is 301 g/mol. The van der Waals surface area contributed by atoms with Crippen molar-refractivity contribution < 1.29 is 0 Å². The standard InChI is InChI=1S/C23H45BN/c1-21(22-17-13-9-5-4-6-10-14-18-22)25-24-23-19-15-11-7-2-3-8-12-16-20-23/h21-23,25H,2-20H2,1H3. The third-order valence-electron chi connectivity index (χ3n) is 6.85. The summed E-state index contributed by atoms with van der Waals surface area (Å²) in [6, 6.07) is 0.678. The fourth-order valence-corrected chi connectivity index (χ4v) is 4.95. The normalized spacial score (nSPS) is 25.6. The molecule has 0 aromatic rings. The van der Waals surface area contributed by atoms with Gasteiger partial charge < -0.3 is 5.23 Å². The Kier molecular flexibility index (Phi) is 12.1. The largest absolute Gasteiger partial charge is 0.357 e. The van der Waals surface area contributed by atoms with Crippen LogP contribution in [0.3, 0.4) is 0 Å². The Labute approximate surface area is 159 Å². The zero-order chi connectivity index (χ0) is 17.6. The van der Waals surface area contributed by atoms with E-state index < -0.39 is 0 Å². The van der Waals surface area contributed by atoms with E-state index in [4.69, 9.17) is 0 Å². The van der Waals surface area contributed by atoms with Gasteiger partial charge in [0, 0.05) is 0 Å². The summed E-state index contributed by atoms with van der Waals surface area (Å²) in [6.45, 7) is 2.46. The quantitative estimate of drug-likeness (QED) is 0.522. The van der Waals surface area contributed by atoms with Gasteiger partial charge in [-0.1, -0.05) is 122 Å². The summed E-state index contributed by atoms with van der Waals surface area (Å²) in [5.41, 5.74) is 0. The van der Waals surface area contributed by atoms with Crippen LogP contribution < -0.4 is 5.23 Å². The van der Waals surface area contributed by atoms with E-state index in [2.05, 4.69) is 19.6 Å². The second-order valence-electron chi connectivity index (χ2n) is 9.10. The Hall–Kier alpha value is 0.0249. The van der Waals surface area contributed by atoms with E-state index in [9.17, 15) is 0 Å². The van der Waals surface area contributed by atoms with Crippen molar-refractivity contribution in [3.05, 3.63) is 0 Å². The van der Waals surface area contributed by atoms with E-state index in [0.29, 0.717) is 6.04 Å².